The van der Waals surface area contributed by atoms with Gasteiger partial charge in [0.25, 0.3) is 5.91 Å². The molecule has 0 unspecified atom stereocenters. The summed E-state index contributed by atoms with van der Waals surface area (Å²) >= 11 is 1.08. The van der Waals surface area contributed by atoms with Crippen LogP contribution in [-0.2, 0) is 25.5 Å². The zero-order valence-electron chi connectivity index (χ0n) is 14.6. The number of rotatable bonds is 9. The van der Waals surface area contributed by atoms with E-state index in [0.717, 1.165) is 11.3 Å². The fourth-order valence-corrected chi connectivity index (χ4v) is 2.73. The summed E-state index contributed by atoms with van der Waals surface area (Å²) in [5.74, 6) is -2.47. The molecule has 0 aliphatic rings. The van der Waals surface area contributed by atoms with Gasteiger partial charge in [0.2, 0.25) is 0 Å². The number of para-hydroxylation sites is 1. The number of hydrogen-bond acceptors (Lipinski definition) is 8. The molecule has 1 aromatic heterocycles. The minimum atomic E-state index is -3.11. The van der Waals surface area contributed by atoms with E-state index in [4.69, 9.17) is 9.47 Å². The molecule has 1 amide bonds. The Hall–Kier alpha value is -3.08. The summed E-state index contributed by atoms with van der Waals surface area (Å²) in [5, 5.41) is 4.20. The van der Waals surface area contributed by atoms with Crippen LogP contribution in [0.25, 0.3) is 0 Å². The third kappa shape index (κ3) is 6.58. The molecule has 150 valence electrons. The molecule has 0 atom stereocenters. The van der Waals surface area contributed by atoms with Crippen molar-refractivity contribution in [2.45, 2.75) is 20.0 Å². The molecule has 2 rings (SSSR count). The number of benzene rings is 1. The van der Waals surface area contributed by atoms with Gasteiger partial charge in [-0.2, -0.15) is 8.78 Å². The first kappa shape index (κ1) is 21.2. The number of nitrogens with one attached hydrogen (secondary N) is 1. The zero-order valence-corrected chi connectivity index (χ0v) is 15.5. The van der Waals surface area contributed by atoms with Crippen molar-refractivity contribution in [3.05, 3.63) is 40.9 Å². The van der Waals surface area contributed by atoms with Crippen LogP contribution in [0.3, 0.4) is 0 Å². The van der Waals surface area contributed by atoms with E-state index in [-0.39, 0.29) is 29.5 Å². The Balaban J connectivity index is 1.87. The van der Waals surface area contributed by atoms with Gasteiger partial charge in [0.15, 0.2) is 11.7 Å². The van der Waals surface area contributed by atoms with Crippen molar-refractivity contribution >= 4 is 34.3 Å². The van der Waals surface area contributed by atoms with Crippen molar-refractivity contribution in [1.29, 1.82) is 0 Å². The van der Waals surface area contributed by atoms with Crippen LogP contribution in [0.4, 0.5) is 13.9 Å². The Labute approximate surface area is 162 Å². The Kier molecular flexibility index (Phi) is 7.81. The Morgan fingerprint density at radius 2 is 1.96 bits per heavy atom. The van der Waals surface area contributed by atoms with Gasteiger partial charge in [-0.15, -0.1) is 11.3 Å². The first-order valence-corrected chi connectivity index (χ1v) is 8.87. The minimum absolute atomic E-state index is 0.0316. The highest BCUT2D eigenvalue weighted by molar-refractivity contribution is 7.13. The number of anilines is 1. The molecule has 0 radical (unpaired) electrons. The summed E-state index contributed by atoms with van der Waals surface area (Å²) in [7, 11) is 0. The van der Waals surface area contributed by atoms with Gasteiger partial charge in [-0.3, -0.25) is 14.9 Å². The lowest BCUT2D eigenvalue weighted by atomic mass is 10.2. The molecule has 2 aromatic rings. The molecule has 0 bridgehead atoms. The van der Waals surface area contributed by atoms with Gasteiger partial charge in [-0.25, -0.2) is 9.78 Å². The van der Waals surface area contributed by atoms with Crippen molar-refractivity contribution in [2.75, 3.05) is 18.5 Å². The molecule has 1 N–H and O–H groups in total. The normalized spacial score (nSPS) is 10.4. The van der Waals surface area contributed by atoms with Gasteiger partial charge in [0.1, 0.15) is 11.3 Å². The number of alkyl halides is 2. The Morgan fingerprint density at radius 3 is 2.68 bits per heavy atom. The smallest absolute Gasteiger partial charge is 0.387 e. The van der Waals surface area contributed by atoms with E-state index in [1.807, 2.05) is 0 Å². The van der Waals surface area contributed by atoms with E-state index in [2.05, 4.69) is 15.0 Å². The highest BCUT2D eigenvalue weighted by Crippen LogP contribution is 2.21. The second-order valence-corrected chi connectivity index (χ2v) is 5.98. The maximum Gasteiger partial charge on any atom is 0.387 e. The summed E-state index contributed by atoms with van der Waals surface area (Å²) in [6.07, 6.45) is -0.0316. The maximum absolute atomic E-state index is 12.4. The minimum Gasteiger partial charge on any atom is -0.466 e. The second kappa shape index (κ2) is 10.3. The van der Waals surface area contributed by atoms with Crippen LogP contribution in [0.2, 0.25) is 0 Å². The van der Waals surface area contributed by atoms with Gasteiger partial charge in [0.05, 0.1) is 18.7 Å². The van der Waals surface area contributed by atoms with Crippen LogP contribution < -0.4 is 10.1 Å². The fraction of sp³-hybridized carbons (Fsp3) is 0.294. The lowest BCUT2D eigenvalue weighted by molar-refractivity contribution is -0.142. The number of carbonyl (C=O) groups is 3. The number of carbonyl (C=O) groups excluding carboxylic acids is 3. The quantitative estimate of drug-likeness (QED) is 0.629. The van der Waals surface area contributed by atoms with Crippen molar-refractivity contribution in [2.24, 2.45) is 0 Å². The van der Waals surface area contributed by atoms with Crippen molar-refractivity contribution in [3.63, 3.8) is 0 Å². The Bertz CT molecular complexity index is 843. The maximum atomic E-state index is 12.4. The summed E-state index contributed by atoms with van der Waals surface area (Å²) in [6.45, 7) is -1.83. The fourth-order valence-electron chi connectivity index (χ4n) is 2.00. The molecule has 0 aliphatic carbocycles. The van der Waals surface area contributed by atoms with E-state index >= 15 is 0 Å². The first-order chi connectivity index (χ1) is 13.4. The second-order valence-electron chi connectivity index (χ2n) is 5.12. The lowest BCUT2D eigenvalue weighted by Crippen LogP contribution is -2.21. The molecular weight excluding hydrogens is 398 g/mol. The lowest BCUT2D eigenvalue weighted by Gasteiger charge is -2.10. The largest absolute Gasteiger partial charge is 0.466 e. The summed E-state index contributed by atoms with van der Waals surface area (Å²) in [5.41, 5.74) is 0.190. The SMILES string of the molecule is CCOC(=O)Cc1csc(NC(=O)COC(=O)c2ccccc2OC(F)F)n1. The van der Waals surface area contributed by atoms with Crippen LogP contribution in [-0.4, -0.2) is 42.7 Å². The highest BCUT2D eigenvalue weighted by atomic mass is 32.1. The van der Waals surface area contributed by atoms with Gasteiger partial charge >= 0.3 is 18.6 Å². The topological polar surface area (TPSA) is 104 Å². The average molecular weight is 414 g/mol. The molecule has 28 heavy (non-hydrogen) atoms. The van der Waals surface area contributed by atoms with Crippen molar-refractivity contribution < 1.29 is 37.4 Å². The van der Waals surface area contributed by atoms with Crippen LogP contribution in [0.15, 0.2) is 29.6 Å². The van der Waals surface area contributed by atoms with Crippen LogP contribution >= 0.6 is 11.3 Å². The van der Waals surface area contributed by atoms with Crippen LogP contribution in [0.5, 0.6) is 5.75 Å². The molecule has 1 aromatic carbocycles. The third-order valence-electron chi connectivity index (χ3n) is 3.09. The average Bonchev–Trinajstić information content (AvgIpc) is 3.06. The van der Waals surface area contributed by atoms with Gasteiger partial charge in [0, 0.05) is 5.38 Å². The van der Waals surface area contributed by atoms with Crippen molar-refractivity contribution in [1.82, 2.24) is 4.98 Å². The third-order valence-corrected chi connectivity index (χ3v) is 3.89. The van der Waals surface area contributed by atoms with E-state index in [9.17, 15) is 23.2 Å². The number of esters is 2. The first-order valence-electron chi connectivity index (χ1n) is 8.00. The number of nitrogens with zero attached hydrogens (tertiary/aromatic N) is 1. The predicted molar refractivity (Wildman–Crippen MR) is 94.4 cm³/mol. The monoisotopic (exact) mass is 414 g/mol. The number of hydrogen-bond donors (Lipinski definition) is 1. The van der Waals surface area contributed by atoms with Crippen LogP contribution in [0, 0.1) is 0 Å². The predicted octanol–water partition coefficient (Wildman–Crippen LogP) is 2.65. The van der Waals surface area contributed by atoms with Gasteiger partial charge < -0.3 is 14.2 Å². The summed E-state index contributed by atoms with van der Waals surface area (Å²) in [4.78, 5) is 39.3. The van der Waals surface area contributed by atoms with E-state index < -0.39 is 31.1 Å². The Morgan fingerprint density at radius 1 is 1.21 bits per heavy atom. The molecule has 8 nitrogen and oxygen atoms in total. The molecule has 0 saturated heterocycles. The number of aromatic nitrogens is 1. The number of ether oxygens (including phenoxy) is 3. The molecule has 0 aliphatic heterocycles. The van der Waals surface area contributed by atoms with E-state index in [1.165, 1.54) is 24.3 Å². The molecule has 1 heterocycles. The number of amides is 1. The van der Waals surface area contributed by atoms with E-state index in [0.29, 0.717) is 5.69 Å². The molecule has 0 spiro atoms. The standard InChI is InChI=1S/C17H16F2N2O6S/c1-2-25-14(23)7-10-9-28-17(20-10)21-13(22)8-26-15(24)11-5-3-4-6-12(11)27-16(18)19/h3-6,9,16H,2,7-8H2,1H3,(H,20,21,22). The van der Waals surface area contributed by atoms with Gasteiger partial charge in [-0.1, -0.05) is 12.1 Å². The zero-order chi connectivity index (χ0) is 20.5. The molecule has 11 heteroatoms. The van der Waals surface area contributed by atoms with Gasteiger partial charge in [-0.05, 0) is 19.1 Å². The highest BCUT2D eigenvalue weighted by Gasteiger charge is 2.18. The van der Waals surface area contributed by atoms with Crippen LogP contribution in [0.1, 0.15) is 23.0 Å². The van der Waals surface area contributed by atoms with Crippen molar-refractivity contribution in [3.8, 4) is 5.75 Å². The van der Waals surface area contributed by atoms with E-state index in [1.54, 1.807) is 12.3 Å². The summed E-state index contributed by atoms with van der Waals surface area (Å²) < 4.78 is 38.6. The molecule has 0 saturated carbocycles. The summed E-state index contributed by atoms with van der Waals surface area (Å²) in [6, 6.07) is 5.27. The molecule has 0 fully saturated rings. The number of thiazole rings is 1. The number of halogens is 2. The molecular formula is C17H16F2N2O6S.